The van der Waals surface area contributed by atoms with Crippen molar-refractivity contribution < 1.29 is 4.79 Å². The number of amides is 1. The highest BCUT2D eigenvalue weighted by Crippen LogP contribution is 2.29. The molecule has 4 heteroatoms. The van der Waals surface area contributed by atoms with Gasteiger partial charge < -0.3 is 11.1 Å². The molecule has 0 unspecified atom stereocenters. The molecule has 0 saturated heterocycles. The number of nitrogens with one attached hydrogen (secondary N) is 1. The maximum Gasteiger partial charge on any atom is 0.230 e. The second-order valence-corrected chi connectivity index (χ2v) is 6.81. The van der Waals surface area contributed by atoms with Crippen molar-refractivity contribution in [3.05, 3.63) is 29.3 Å². The minimum atomic E-state index is -0.140. The van der Waals surface area contributed by atoms with Gasteiger partial charge in [-0.1, -0.05) is 30.5 Å². The molecule has 0 atom stereocenters. The summed E-state index contributed by atoms with van der Waals surface area (Å²) in [5.41, 5.74) is 8.16. The number of rotatable bonds is 5. The fraction of sp³-hybridized carbons (Fsp3) is 0.562. The SMILES string of the molecule is Cc1ccc(C)c(SCC(=O)NC2(CN)CCCC2)c1. The van der Waals surface area contributed by atoms with Crippen molar-refractivity contribution in [2.24, 2.45) is 5.73 Å². The number of carbonyl (C=O) groups excluding carboxylic acids is 1. The molecule has 0 aliphatic heterocycles. The second-order valence-electron chi connectivity index (χ2n) is 5.80. The molecule has 3 N–H and O–H groups in total. The summed E-state index contributed by atoms with van der Waals surface area (Å²) in [6.45, 7) is 4.70. The van der Waals surface area contributed by atoms with Gasteiger partial charge in [-0.15, -0.1) is 11.8 Å². The standard InChI is InChI=1S/C16H24N2OS/c1-12-5-6-13(2)14(9-12)20-10-15(19)18-16(11-17)7-3-4-8-16/h5-6,9H,3-4,7-8,10-11,17H2,1-2H3,(H,18,19). The Hall–Kier alpha value is -1.00. The van der Waals surface area contributed by atoms with Crippen molar-refractivity contribution in [1.82, 2.24) is 5.32 Å². The van der Waals surface area contributed by atoms with Crippen LogP contribution >= 0.6 is 11.8 Å². The zero-order valence-corrected chi connectivity index (χ0v) is 13.2. The summed E-state index contributed by atoms with van der Waals surface area (Å²) in [6.07, 6.45) is 4.37. The highest BCUT2D eigenvalue weighted by molar-refractivity contribution is 8.00. The Labute approximate surface area is 125 Å². The molecule has 1 aromatic carbocycles. The lowest BCUT2D eigenvalue weighted by Crippen LogP contribution is -2.52. The summed E-state index contributed by atoms with van der Waals surface area (Å²) in [6, 6.07) is 6.34. The fourth-order valence-corrected chi connectivity index (χ4v) is 3.69. The molecule has 1 amide bonds. The monoisotopic (exact) mass is 292 g/mol. The smallest absolute Gasteiger partial charge is 0.230 e. The molecule has 1 aliphatic rings. The van der Waals surface area contributed by atoms with Gasteiger partial charge >= 0.3 is 0 Å². The van der Waals surface area contributed by atoms with Crippen LogP contribution in [-0.2, 0) is 4.79 Å². The van der Waals surface area contributed by atoms with Gasteiger partial charge in [-0.25, -0.2) is 0 Å². The molecular formula is C16H24N2OS. The van der Waals surface area contributed by atoms with E-state index in [1.807, 2.05) is 0 Å². The zero-order chi connectivity index (χ0) is 14.6. The summed E-state index contributed by atoms with van der Waals surface area (Å²) in [5.74, 6) is 0.565. The average molecular weight is 292 g/mol. The molecule has 3 nitrogen and oxygen atoms in total. The van der Waals surface area contributed by atoms with E-state index in [1.165, 1.54) is 28.9 Å². The highest BCUT2D eigenvalue weighted by Gasteiger charge is 2.33. The summed E-state index contributed by atoms with van der Waals surface area (Å²) in [4.78, 5) is 13.3. The predicted molar refractivity (Wildman–Crippen MR) is 85.0 cm³/mol. The zero-order valence-electron chi connectivity index (χ0n) is 12.4. The van der Waals surface area contributed by atoms with E-state index in [0.29, 0.717) is 12.3 Å². The van der Waals surface area contributed by atoms with Crippen LogP contribution in [0.5, 0.6) is 0 Å². The van der Waals surface area contributed by atoms with E-state index in [1.54, 1.807) is 11.8 Å². The topological polar surface area (TPSA) is 55.1 Å². The molecule has 0 aromatic heterocycles. The Morgan fingerprint density at radius 1 is 1.35 bits per heavy atom. The first kappa shape index (κ1) is 15.4. The number of hydrogen-bond donors (Lipinski definition) is 2. The number of aryl methyl sites for hydroxylation is 2. The number of hydrogen-bond acceptors (Lipinski definition) is 3. The van der Waals surface area contributed by atoms with E-state index in [0.717, 1.165) is 12.8 Å². The third kappa shape index (κ3) is 3.76. The molecule has 0 heterocycles. The molecule has 0 spiro atoms. The van der Waals surface area contributed by atoms with Crippen LogP contribution in [0.15, 0.2) is 23.1 Å². The van der Waals surface area contributed by atoms with Gasteiger partial charge in [0.05, 0.1) is 11.3 Å². The van der Waals surface area contributed by atoms with Gasteiger partial charge in [0.2, 0.25) is 5.91 Å². The molecule has 2 rings (SSSR count). The Morgan fingerprint density at radius 3 is 2.70 bits per heavy atom. The molecule has 0 radical (unpaired) electrons. The van der Waals surface area contributed by atoms with E-state index < -0.39 is 0 Å². The average Bonchev–Trinajstić information content (AvgIpc) is 2.89. The third-order valence-electron chi connectivity index (χ3n) is 4.06. The quantitative estimate of drug-likeness (QED) is 0.821. The number of thioether (sulfide) groups is 1. The van der Waals surface area contributed by atoms with Crippen molar-refractivity contribution in [2.75, 3.05) is 12.3 Å². The number of benzene rings is 1. The molecule has 1 aromatic rings. The minimum absolute atomic E-state index is 0.100. The van der Waals surface area contributed by atoms with Crippen LogP contribution in [0.2, 0.25) is 0 Å². The molecule has 1 saturated carbocycles. The maximum absolute atomic E-state index is 12.1. The normalized spacial score (nSPS) is 17.1. The Balaban J connectivity index is 1.90. The van der Waals surface area contributed by atoms with Gasteiger partial charge in [0, 0.05) is 11.4 Å². The lowest BCUT2D eigenvalue weighted by Gasteiger charge is -2.28. The van der Waals surface area contributed by atoms with Crippen LogP contribution in [0, 0.1) is 13.8 Å². The first-order chi connectivity index (χ1) is 9.54. The second kappa shape index (κ2) is 6.64. The highest BCUT2D eigenvalue weighted by atomic mass is 32.2. The Kier molecular flexibility index (Phi) is 5.11. The van der Waals surface area contributed by atoms with Crippen molar-refractivity contribution in [2.45, 2.75) is 50.0 Å². The molecule has 1 fully saturated rings. The van der Waals surface area contributed by atoms with Crippen LogP contribution in [0.1, 0.15) is 36.8 Å². The van der Waals surface area contributed by atoms with Gasteiger partial charge in [-0.3, -0.25) is 4.79 Å². The minimum Gasteiger partial charge on any atom is -0.349 e. The van der Waals surface area contributed by atoms with Gasteiger partial charge in [0.25, 0.3) is 0 Å². The first-order valence-corrected chi connectivity index (χ1v) is 8.24. The largest absolute Gasteiger partial charge is 0.349 e. The predicted octanol–water partition coefficient (Wildman–Crippen LogP) is 2.78. The molecular weight excluding hydrogens is 268 g/mol. The van der Waals surface area contributed by atoms with Crippen LogP contribution in [0.4, 0.5) is 0 Å². The van der Waals surface area contributed by atoms with Crippen molar-refractivity contribution in [1.29, 1.82) is 0 Å². The van der Waals surface area contributed by atoms with Crippen LogP contribution in [0.25, 0.3) is 0 Å². The van der Waals surface area contributed by atoms with E-state index in [4.69, 9.17) is 5.73 Å². The summed E-state index contributed by atoms with van der Waals surface area (Å²) in [5, 5.41) is 3.16. The first-order valence-electron chi connectivity index (χ1n) is 7.26. The van der Waals surface area contributed by atoms with Crippen molar-refractivity contribution in [3.8, 4) is 0 Å². The summed E-state index contributed by atoms with van der Waals surface area (Å²) in [7, 11) is 0. The van der Waals surface area contributed by atoms with Crippen LogP contribution < -0.4 is 11.1 Å². The van der Waals surface area contributed by atoms with Gasteiger partial charge in [-0.2, -0.15) is 0 Å². The van der Waals surface area contributed by atoms with Gasteiger partial charge in [0.1, 0.15) is 0 Å². The third-order valence-corrected chi connectivity index (χ3v) is 5.22. The molecule has 110 valence electrons. The van der Waals surface area contributed by atoms with Gasteiger partial charge in [0.15, 0.2) is 0 Å². The summed E-state index contributed by atoms with van der Waals surface area (Å²) < 4.78 is 0. The molecule has 20 heavy (non-hydrogen) atoms. The van der Waals surface area contributed by atoms with Crippen LogP contribution in [-0.4, -0.2) is 23.7 Å². The lowest BCUT2D eigenvalue weighted by molar-refractivity contribution is -0.120. The Morgan fingerprint density at radius 2 is 2.05 bits per heavy atom. The van der Waals surface area contributed by atoms with E-state index in [2.05, 4.69) is 37.4 Å². The van der Waals surface area contributed by atoms with Crippen molar-refractivity contribution in [3.63, 3.8) is 0 Å². The number of nitrogens with two attached hydrogens (primary N) is 1. The fourth-order valence-electron chi connectivity index (χ4n) is 2.77. The van der Waals surface area contributed by atoms with E-state index in [9.17, 15) is 4.79 Å². The maximum atomic E-state index is 12.1. The van der Waals surface area contributed by atoms with Crippen molar-refractivity contribution >= 4 is 17.7 Å². The molecule has 0 bridgehead atoms. The van der Waals surface area contributed by atoms with Gasteiger partial charge in [-0.05, 0) is 38.3 Å². The summed E-state index contributed by atoms with van der Waals surface area (Å²) >= 11 is 1.61. The molecule has 1 aliphatic carbocycles. The van der Waals surface area contributed by atoms with Crippen LogP contribution in [0.3, 0.4) is 0 Å². The number of carbonyl (C=O) groups is 1. The Bertz CT molecular complexity index is 481. The lowest BCUT2D eigenvalue weighted by atomic mass is 9.98. The van der Waals surface area contributed by atoms with E-state index in [-0.39, 0.29) is 11.4 Å². The van der Waals surface area contributed by atoms with E-state index >= 15 is 0 Å².